The van der Waals surface area contributed by atoms with Crippen LogP contribution in [0.15, 0.2) is 0 Å². The van der Waals surface area contributed by atoms with Crippen molar-refractivity contribution < 1.29 is 9.53 Å². The van der Waals surface area contributed by atoms with E-state index in [0.717, 1.165) is 38.7 Å². The van der Waals surface area contributed by atoms with Crippen LogP contribution in [-0.4, -0.2) is 30.2 Å². The number of carbonyl (C=O) groups is 1. The number of hydrogen-bond donors (Lipinski definition) is 2. The van der Waals surface area contributed by atoms with Gasteiger partial charge in [-0.15, -0.1) is 0 Å². The van der Waals surface area contributed by atoms with Gasteiger partial charge in [-0.3, -0.25) is 4.79 Å². The fourth-order valence-electron chi connectivity index (χ4n) is 2.71. The molecule has 4 nitrogen and oxygen atoms in total. The zero-order chi connectivity index (χ0) is 12.3. The average Bonchev–Trinajstić information content (AvgIpc) is 2.82. The fourth-order valence-corrected chi connectivity index (χ4v) is 3.01. The quantitative estimate of drug-likeness (QED) is 0.743. The molecule has 1 saturated carbocycles. The van der Waals surface area contributed by atoms with Gasteiger partial charge in [-0.05, 0) is 19.3 Å². The SMILES string of the molecule is NC(=S)C1(C(=O)NC2CCOC2)CCCCC1. The molecule has 1 saturated heterocycles. The van der Waals surface area contributed by atoms with Gasteiger partial charge in [0.25, 0.3) is 0 Å². The van der Waals surface area contributed by atoms with Crippen LogP contribution >= 0.6 is 12.2 Å². The van der Waals surface area contributed by atoms with E-state index >= 15 is 0 Å². The van der Waals surface area contributed by atoms with E-state index in [9.17, 15) is 4.79 Å². The summed E-state index contributed by atoms with van der Waals surface area (Å²) in [6.45, 7) is 1.34. The molecule has 2 aliphatic rings. The monoisotopic (exact) mass is 256 g/mol. The Morgan fingerprint density at radius 1 is 1.35 bits per heavy atom. The van der Waals surface area contributed by atoms with Gasteiger partial charge >= 0.3 is 0 Å². The second kappa shape index (κ2) is 5.31. The van der Waals surface area contributed by atoms with Crippen molar-refractivity contribution in [3.05, 3.63) is 0 Å². The Morgan fingerprint density at radius 2 is 2.06 bits per heavy atom. The predicted octanol–water partition coefficient (Wildman–Crippen LogP) is 1.13. The minimum Gasteiger partial charge on any atom is -0.392 e. The summed E-state index contributed by atoms with van der Waals surface area (Å²) in [6, 6.07) is 0.135. The third-order valence-corrected chi connectivity index (χ3v) is 4.27. The van der Waals surface area contributed by atoms with E-state index in [1.807, 2.05) is 0 Å². The molecule has 1 atom stereocenters. The molecule has 2 fully saturated rings. The highest BCUT2D eigenvalue weighted by molar-refractivity contribution is 7.80. The Morgan fingerprint density at radius 3 is 2.59 bits per heavy atom. The van der Waals surface area contributed by atoms with E-state index in [0.29, 0.717) is 11.6 Å². The van der Waals surface area contributed by atoms with Crippen LogP contribution in [0.25, 0.3) is 0 Å². The molecule has 1 unspecified atom stereocenters. The Labute approximate surface area is 107 Å². The van der Waals surface area contributed by atoms with Crippen molar-refractivity contribution in [3.63, 3.8) is 0 Å². The second-order valence-electron chi connectivity index (χ2n) is 5.04. The second-order valence-corrected chi connectivity index (χ2v) is 5.48. The number of nitrogens with two attached hydrogens (primary N) is 1. The van der Waals surface area contributed by atoms with Crippen LogP contribution in [0.1, 0.15) is 38.5 Å². The lowest BCUT2D eigenvalue weighted by atomic mass is 9.73. The largest absolute Gasteiger partial charge is 0.392 e. The van der Waals surface area contributed by atoms with E-state index in [1.54, 1.807) is 0 Å². The van der Waals surface area contributed by atoms with Crippen molar-refractivity contribution in [1.29, 1.82) is 0 Å². The highest BCUT2D eigenvalue weighted by Crippen LogP contribution is 2.37. The first-order valence-corrected chi connectivity index (χ1v) is 6.74. The highest BCUT2D eigenvalue weighted by Gasteiger charge is 2.43. The van der Waals surface area contributed by atoms with Crippen LogP contribution in [-0.2, 0) is 9.53 Å². The molecule has 96 valence electrons. The van der Waals surface area contributed by atoms with Gasteiger partial charge in [-0.1, -0.05) is 31.5 Å². The van der Waals surface area contributed by atoms with Crippen molar-refractivity contribution in [2.75, 3.05) is 13.2 Å². The van der Waals surface area contributed by atoms with Crippen LogP contribution in [0.2, 0.25) is 0 Å². The van der Waals surface area contributed by atoms with Gasteiger partial charge in [0.05, 0.1) is 23.1 Å². The van der Waals surface area contributed by atoms with E-state index in [-0.39, 0.29) is 11.9 Å². The van der Waals surface area contributed by atoms with Gasteiger partial charge in [0, 0.05) is 6.61 Å². The maximum Gasteiger partial charge on any atom is 0.233 e. The zero-order valence-corrected chi connectivity index (χ0v) is 10.9. The first-order chi connectivity index (χ1) is 8.15. The van der Waals surface area contributed by atoms with E-state index in [1.165, 1.54) is 6.42 Å². The van der Waals surface area contributed by atoms with Crippen LogP contribution in [0, 0.1) is 5.41 Å². The van der Waals surface area contributed by atoms with Crippen molar-refractivity contribution in [2.45, 2.75) is 44.6 Å². The van der Waals surface area contributed by atoms with Crippen molar-refractivity contribution >= 4 is 23.1 Å². The van der Waals surface area contributed by atoms with Crippen molar-refractivity contribution in [3.8, 4) is 0 Å². The Bertz CT molecular complexity index is 308. The lowest BCUT2D eigenvalue weighted by Crippen LogP contribution is -2.52. The van der Waals surface area contributed by atoms with Crippen molar-refractivity contribution in [1.82, 2.24) is 5.32 Å². The average molecular weight is 256 g/mol. The maximum absolute atomic E-state index is 12.4. The molecule has 1 heterocycles. The van der Waals surface area contributed by atoms with E-state index in [2.05, 4.69) is 5.32 Å². The molecular weight excluding hydrogens is 236 g/mol. The molecule has 3 N–H and O–H groups in total. The molecule has 1 aliphatic heterocycles. The van der Waals surface area contributed by atoms with E-state index in [4.69, 9.17) is 22.7 Å². The summed E-state index contributed by atoms with van der Waals surface area (Å²) < 4.78 is 5.26. The van der Waals surface area contributed by atoms with Crippen LogP contribution in [0.3, 0.4) is 0 Å². The number of thiocarbonyl (C=S) groups is 1. The minimum absolute atomic E-state index is 0.0141. The molecular formula is C12H20N2O2S. The number of rotatable bonds is 3. The van der Waals surface area contributed by atoms with Crippen LogP contribution in [0.5, 0.6) is 0 Å². The molecule has 0 spiro atoms. The number of amides is 1. The fraction of sp³-hybridized carbons (Fsp3) is 0.833. The molecule has 17 heavy (non-hydrogen) atoms. The molecule has 0 aromatic heterocycles. The van der Waals surface area contributed by atoms with E-state index < -0.39 is 5.41 Å². The van der Waals surface area contributed by atoms with Gasteiger partial charge in [0.15, 0.2) is 0 Å². The summed E-state index contributed by atoms with van der Waals surface area (Å²) in [4.78, 5) is 12.7. The predicted molar refractivity (Wildman–Crippen MR) is 69.7 cm³/mol. The van der Waals surface area contributed by atoms with Crippen LogP contribution < -0.4 is 11.1 Å². The molecule has 1 amide bonds. The van der Waals surface area contributed by atoms with Gasteiger partial charge < -0.3 is 15.8 Å². The van der Waals surface area contributed by atoms with Gasteiger partial charge in [-0.2, -0.15) is 0 Å². The Hall–Kier alpha value is -0.680. The Kier molecular flexibility index (Phi) is 3.99. The first-order valence-electron chi connectivity index (χ1n) is 6.34. The lowest BCUT2D eigenvalue weighted by molar-refractivity contribution is -0.129. The summed E-state index contributed by atoms with van der Waals surface area (Å²) >= 11 is 5.13. The number of ether oxygens (including phenoxy) is 1. The number of carbonyl (C=O) groups excluding carboxylic acids is 1. The summed E-state index contributed by atoms with van der Waals surface area (Å²) in [6.07, 6.45) is 5.71. The summed E-state index contributed by atoms with van der Waals surface area (Å²) in [5.74, 6) is 0.0141. The minimum atomic E-state index is -0.601. The van der Waals surface area contributed by atoms with Gasteiger partial charge in [0.2, 0.25) is 5.91 Å². The van der Waals surface area contributed by atoms with Gasteiger partial charge in [-0.25, -0.2) is 0 Å². The molecule has 5 heteroatoms. The lowest BCUT2D eigenvalue weighted by Gasteiger charge is -2.35. The van der Waals surface area contributed by atoms with Gasteiger partial charge in [0.1, 0.15) is 0 Å². The summed E-state index contributed by atoms with van der Waals surface area (Å²) in [5.41, 5.74) is 5.22. The molecule has 2 rings (SSSR count). The third-order valence-electron chi connectivity index (χ3n) is 3.88. The standard InChI is InChI=1S/C12H20N2O2S/c13-10(17)12(5-2-1-3-6-12)11(15)14-9-4-7-16-8-9/h9H,1-8H2,(H2,13,17)(H,14,15). The smallest absolute Gasteiger partial charge is 0.233 e. The normalized spacial score (nSPS) is 27.6. The molecule has 1 aliphatic carbocycles. The molecule has 0 radical (unpaired) electrons. The zero-order valence-electron chi connectivity index (χ0n) is 10.0. The summed E-state index contributed by atoms with van der Waals surface area (Å²) in [7, 11) is 0. The number of hydrogen-bond acceptors (Lipinski definition) is 3. The maximum atomic E-state index is 12.4. The first kappa shape index (κ1) is 12.8. The molecule has 0 aromatic rings. The van der Waals surface area contributed by atoms with Crippen molar-refractivity contribution in [2.24, 2.45) is 11.1 Å². The van der Waals surface area contributed by atoms with Crippen LogP contribution in [0.4, 0.5) is 0 Å². The highest BCUT2D eigenvalue weighted by atomic mass is 32.1. The molecule has 0 aromatic carbocycles. The number of nitrogens with one attached hydrogen (secondary N) is 1. The topological polar surface area (TPSA) is 64.4 Å². The molecule has 0 bridgehead atoms. The summed E-state index contributed by atoms with van der Waals surface area (Å²) in [5, 5.41) is 3.04. The third kappa shape index (κ3) is 2.60. The Balaban J connectivity index is 2.04.